The molecule has 0 unspecified atom stereocenters. The molecular weight excluding hydrogens is 384 g/mol. The van der Waals surface area contributed by atoms with Gasteiger partial charge in [-0.1, -0.05) is 11.6 Å². The van der Waals surface area contributed by atoms with Crippen molar-refractivity contribution in [3.63, 3.8) is 0 Å². The van der Waals surface area contributed by atoms with Gasteiger partial charge in [0, 0.05) is 29.9 Å². The van der Waals surface area contributed by atoms with E-state index < -0.39 is 10.8 Å². The summed E-state index contributed by atoms with van der Waals surface area (Å²) in [6.45, 7) is 3.58. The molecule has 0 bridgehead atoms. The molecule has 0 spiro atoms. The number of non-ortho nitro benzene ring substituents is 1. The lowest BCUT2D eigenvalue weighted by Gasteiger charge is -2.10. The molecule has 0 aliphatic carbocycles. The van der Waals surface area contributed by atoms with Gasteiger partial charge in [-0.3, -0.25) is 19.6 Å². The highest BCUT2D eigenvalue weighted by atomic mass is 35.5. The zero-order valence-corrected chi connectivity index (χ0v) is 16.1. The molecule has 0 fully saturated rings. The molecule has 2 aromatic carbocycles. The molecule has 9 heteroatoms. The van der Waals surface area contributed by atoms with E-state index in [2.05, 4.69) is 10.4 Å². The largest absolute Gasteiger partial charge is 0.457 e. The summed E-state index contributed by atoms with van der Waals surface area (Å²) < 4.78 is 7.30. The van der Waals surface area contributed by atoms with Crippen LogP contribution >= 0.6 is 11.6 Å². The molecule has 144 valence electrons. The minimum absolute atomic E-state index is 0.207. The first-order valence-corrected chi connectivity index (χ1v) is 8.66. The van der Waals surface area contributed by atoms with Crippen molar-refractivity contribution in [3.8, 4) is 11.5 Å². The number of ether oxygens (including phenoxy) is 1. The Morgan fingerprint density at radius 3 is 2.57 bits per heavy atom. The number of hydrogen-bond donors (Lipinski definition) is 1. The topological polar surface area (TPSA) is 99.3 Å². The van der Waals surface area contributed by atoms with Gasteiger partial charge in [-0.2, -0.15) is 5.10 Å². The van der Waals surface area contributed by atoms with Crippen molar-refractivity contribution in [2.45, 2.75) is 13.8 Å². The van der Waals surface area contributed by atoms with Crippen molar-refractivity contribution in [2.24, 2.45) is 7.05 Å². The maximum atomic E-state index is 12.5. The van der Waals surface area contributed by atoms with E-state index >= 15 is 0 Å². The summed E-state index contributed by atoms with van der Waals surface area (Å²) in [4.78, 5) is 23.2. The van der Waals surface area contributed by atoms with Crippen LogP contribution in [-0.2, 0) is 7.05 Å². The summed E-state index contributed by atoms with van der Waals surface area (Å²) >= 11 is 6.01. The number of nitro benzene ring substituents is 1. The first kappa shape index (κ1) is 19.4. The van der Waals surface area contributed by atoms with E-state index in [9.17, 15) is 14.9 Å². The molecule has 8 nitrogen and oxygen atoms in total. The average molecular weight is 401 g/mol. The van der Waals surface area contributed by atoms with Crippen molar-refractivity contribution in [3.05, 3.63) is 74.6 Å². The summed E-state index contributed by atoms with van der Waals surface area (Å²) in [6, 6.07) is 9.13. The highest BCUT2D eigenvalue weighted by Crippen LogP contribution is 2.31. The predicted molar refractivity (Wildman–Crippen MR) is 105 cm³/mol. The SMILES string of the molecule is Cc1cc(Oc2cc(NC(=O)c3cnn(C)c3C)cc([N+](=O)[O-])c2)ccc1Cl. The summed E-state index contributed by atoms with van der Waals surface area (Å²) in [5, 5.41) is 18.5. The molecule has 0 radical (unpaired) electrons. The fourth-order valence-electron chi connectivity index (χ4n) is 2.56. The number of nitrogens with zero attached hydrogens (tertiary/aromatic N) is 3. The molecule has 1 heterocycles. The second-order valence-electron chi connectivity index (χ2n) is 6.21. The van der Waals surface area contributed by atoms with E-state index in [1.165, 1.54) is 24.4 Å². The van der Waals surface area contributed by atoms with Crippen molar-refractivity contribution in [1.29, 1.82) is 0 Å². The summed E-state index contributed by atoms with van der Waals surface area (Å²) in [7, 11) is 1.72. The van der Waals surface area contributed by atoms with Crippen molar-refractivity contribution in [1.82, 2.24) is 9.78 Å². The maximum Gasteiger partial charge on any atom is 0.275 e. The number of halogens is 1. The number of anilines is 1. The number of carbonyl (C=O) groups is 1. The third-order valence-corrected chi connectivity index (χ3v) is 4.63. The van der Waals surface area contributed by atoms with E-state index in [4.69, 9.17) is 16.3 Å². The third kappa shape index (κ3) is 4.12. The minimum atomic E-state index is -0.551. The Bertz CT molecular complexity index is 1080. The van der Waals surface area contributed by atoms with Gasteiger partial charge in [0.2, 0.25) is 0 Å². The van der Waals surface area contributed by atoms with Crippen LogP contribution in [-0.4, -0.2) is 20.6 Å². The molecule has 0 aliphatic heterocycles. The van der Waals surface area contributed by atoms with Crippen LogP contribution in [0.5, 0.6) is 11.5 Å². The van der Waals surface area contributed by atoms with Crippen LogP contribution in [0.25, 0.3) is 0 Å². The van der Waals surface area contributed by atoms with Gasteiger partial charge in [0.25, 0.3) is 11.6 Å². The summed E-state index contributed by atoms with van der Waals surface area (Å²) in [5.41, 5.74) is 1.90. The fraction of sp³-hybridized carbons (Fsp3) is 0.158. The van der Waals surface area contributed by atoms with Gasteiger partial charge >= 0.3 is 0 Å². The van der Waals surface area contributed by atoms with Crippen LogP contribution in [0.15, 0.2) is 42.6 Å². The maximum absolute atomic E-state index is 12.5. The van der Waals surface area contributed by atoms with E-state index in [0.29, 0.717) is 22.0 Å². The average Bonchev–Trinajstić information content (AvgIpc) is 2.97. The van der Waals surface area contributed by atoms with Gasteiger partial charge < -0.3 is 10.1 Å². The highest BCUT2D eigenvalue weighted by Gasteiger charge is 2.17. The number of hydrogen-bond acceptors (Lipinski definition) is 5. The smallest absolute Gasteiger partial charge is 0.275 e. The summed E-state index contributed by atoms with van der Waals surface area (Å²) in [6.07, 6.45) is 1.44. The Morgan fingerprint density at radius 2 is 1.96 bits per heavy atom. The molecule has 3 rings (SSSR count). The Morgan fingerprint density at radius 1 is 1.21 bits per heavy atom. The van der Waals surface area contributed by atoms with Crippen LogP contribution in [0.3, 0.4) is 0 Å². The number of benzene rings is 2. The van der Waals surface area contributed by atoms with E-state index in [0.717, 1.165) is 5.56 Å². The molecule has 0 atom stereocenters. The number of rotatable bonds is 5. The molecule has 0 aliphatic rings. The van der Waals surface area contributed by atoms with E-state index in [1.807, 2.05) is 6.92 Å². The van der Waals surface area contributed by atoms with Crippen LogP contribution in [0.4, 0.5) is 11.4 Å². The van der Waals surface area contributed by atoms with Crippen molar-refractivity contribution < 1.29 is 14.5 Å². The molecule has 0 saturated heterocycles. The molecule has 28 heavy (non-hydrogen) atoms. The molecule has 1 amide bonds. The Hall–Kier alpha value is -3.39. The first-order valence-electron chi connectivity index (χ1n) is 8.28. The van der Waals surface area contributed by atoms with Crippen LogP contribution in [0, 0.1) is 24.0 Å². The van der Waals surface area contributed by atoms with Gasteiger partial charge in [-0.05, 0) is 37.6 Å². The van der Waals surface area contributed by atoms with Gasteiger partial charge in [0.1, 0.15) is 11.5 Å². The zero-order valence-electron chi connectivity index (χ0n) is 15.4. The molecular formula is C19H17ClN4O4. The summed E-state index contributed by atoms with van der Waals surface area (Å²) in [5.74, 6) is 0.274. The quantitative estimate of drug-likeness (QED) is 0.496. The second kappa shape index (κ2) is 7.69. The molecule has 3 aromatic rings. The van der Waals surface area contributed by atoms with Gasteiger partial charge in [-0.15, -0.1) is 0 Å². The van der Waals surface area contributed by atoms with Gasteiger partial charge in [0.05, 0.1) is 28.4 Å². The molecule has 1 N–H and O–H groups in total. The number of amides is 1. The predicted octanol–water partition coefficient (Wildman–Crippen LogP) is 4.64. The zero-order chi connectivity index (χ0) is 20.4. The normalized spacial score (nSPS) is 10.6. The van der Waals surface area contributed by atoms with E-state index in [-0.39, 0.29) is 17.1 Å². The number of nitrogens with one attached hydrogen (secondary N) is 1. The lowest BCUT2D eigenvalue weighted by Crippen LogP contribution is -2.13. The Labute approximate surface area is 165 Å². The van der Waals surface area contributed by atoms with Gasteiger partial charge in [0.15, 0.2) is 0 Å². The monoisotopic (exact) mass is 400 g/mol. The van der Waals surface area contributed by atoms with Crippen molar-refractivity contribution in [2.75, 3.05) is 5.32 Å². The highest BCUT2D eigenvalue weighted by molar-refractivity contribution is 6.31. The van der Waals surface area contributed by atoms with Crippen LogP contribution < -0.4 is 10.1 Å². The van der Waals surface area contributed by atoms with E-state index in [1.54, 1.807) is 36.9 Å². The minimum Gasteiger partial charge on any atom is -0.457 e. The van der Waals surface area contributed by atoms with Crippen LogP contribution in [0.2, 0.25) is 5.02 Å². The number of carbonyl (C=O) groups excluding carboxylic acids is 1. The van der Waals surface area contributed by atoms with Crippen molar-refractivity contribution >= 4 is 28.9 Å². The Balaban J connectivity index is 1.90. The van der Waals surface area contributed by atoms with Crippen LogP contribution in [0.1, 0.15) is 21.6 Å². The van der Waals surface area contributed by atoms with Gasteiger partial charge in [-0.25, -0.2) is 0 Å². The lowest BCUT2D eigenvalue weighted by atomic mass is 10.2. The lowest BCUT2D eigenvalue weighted by molar-refractivity contribution is -0.384. The standard InChI is InChI=1S/C19H17ClN4O4/c1-11-6-15(4-5-18(11)20)28-16-8-13(7-14(9-16)24(26)27)22-19(25)17-10-21-23(3)12(17)2/h4-10H,1-3H3,(H,22,25). The third-order valence-electron chi connectivity index (χ3n) is 4.20. The number of aromatic nitrogens is 2. The molecule has 0 saturated carbocycles. The second-order valence-corrected chi connectivity index (χ2v) is 6.61. The first-order chi connectivity index (χ1) is 13.2. The fourth-order valence-corrected chi connectivity index (χ4v) is 2.67. The molecule has 1 aromatic heterocycles. The number of aryl methyl sites for hydroxylation is 2. The Kier molecular flexibility index (Phi) is 5.32. The number of nitro groups is 1.